The molecule has 4 amide bonds. The molecule has 4 aliphatic rings. The number of aliphatic carboxylic acids is 1. The fraction of sp³-hybridized carbons (Fsp3) is 0.727. The number of fused-ring (bicyclic) bond motifs is 1. The fourth-order valence-corrected chi connectivity index (χ4v) is 6.79. The molecule has 6 atom stereocenters. The van der Waals surface area contributed by atoms with E-state index in [0.29, 0.717) is 44.2 Å². The molecule has 3 saturated heterocycles. The van der Waals surface area contributed by atoms with Gasteiger partial charge in [-0.1, -0.05) is 6.92 Å². The standard InChI is InChI=1S/C22H33N5O6S/c1-11-16-15(12(2)24-22(32)26-5-7-33-8-6-26)20(29)27(16)17(21(30)31)18(11)34-13-9-14(23-10-13)19(28)25(3)4/h11-16,23H,5-10H2,1-4H3,(H,24,32)(H,30,31)/t11-,12-,13+,14+,15-,16-/m1/s1. The molecular formula is C22H33N5O6S. The van der Waals surface area contributed by atoms with Gasteiger partial charge in [0.15, 0.2) is 0 Å². The molecule has 0 saturated carbocycles. The molecule has 0 radical (unpaired) electrons. The van der Waals surface area contributed by atoms with Crippen LogP contribution < -0.4 is 10.6 Å². The first-order valence-corrected chi connectivity index (χ1v) is 12.5. The first-order chi connectivity index (χ1) is 16.1. The molecule has 12 heteroatoms. The number of thioether (sulfide) groups is 1. The van der Waals surface area contributed by atoms with Gasteiger partial charge in [0.1, 0.15) is 5.70 Å². The molecule has 3 N–H and O–H groups in total. The normalized spacial score (nSPS) is 31.8. The lowest BCUT2D eigenvalue weighted by atomic mass is 9.78. The average Bonchev–Trinajstić information content (AvgIpc) is 3.35. The van der Waals surface area contributed by atoms with Gasteiger partial charge in [-0.3, -0.25) is 9.59 Å². The van der Waals surface area contributed by atoms with E-state index in [4.69, 9.17) is 4.74 Å². The minimum atomic E-state index is -1.12. The zero-order valence-electron chi connectivity index (χ0n) is 19.9. The fourth-order valence-electron chi connectivity index (χ4n) is 5.31. The second-order valence-electron chi connectivity index (χ2n) is 9.54. The summed E-state index contributed by atoms with van der Waals surface area (Å²) in [5, 5.41) is 16.1. The highest BCUT2D eigenvalue weighted by molar-refractivity contribution is 8.03. The number of carboxylic acids is 1. The van der Waals surface area contributed by atoms with Crippen LogP contribution in [0.15, 0.2) is 10.6 Å². The highest BCUT2D eigenvalue weighted by Gasteiger charge is 2.60. The lowest BCUT2D eigenvalue weighted by Gasteiger charge is -2.48. The second kappa shape index (κ2) is 9.74. The van der Waals surface area contributed by atoms with Crippen LogP contribution in [-0.4, -0.2) is 114 Å². The van der Waals surface area contributed by atoms with Crippen LogP contribution in [0.4, 0.5) is 4.79 Å². The molecular weight excluding hydrogens is 462 g/mol. The third-order valence-corrected chi connectivity index (χ3v) is 8.61. The number of nitrogens with one attached hydrogen (secondary N) is 2. The van der Waals surface area contributed by atoms with Crippen molar-refractivity contribution >= 4 is 35.6 Å². The van der Waals surface area contributed by atoms with Gasteiger partial charge in [-0.25, -0.2) is 9.59 Å². The Bertz CT molecular complexity index is 904. The molecule has 0 aromatic carbocycles. The molecule has 4 rings (SSSR count). The van der Waals surface area contributed by atoms with Gasteiger partial charge in [0.25, 0.3) is 0 Å². The number of rotatable bonds is 6. The Hall–Kier alpha value is -2.31. The molecule has 0 aromatic rings. The van der Waals surface area contributed by atoms with Gasteiger partial charge in [-0.05, 0) is 13.3 Å². The largest absolute Gasteiger partial charge is 0.477 e. The molecule has 4 heterocycles. The Balaban J connectivity index is 1.44. The second-order valence-corrected chi connectivity index (χ2v) is 10.9. The highest BCUT2D eigenvalue weighted by Crippen LogP contribution is 2.51. The maximum absolute atomic E-state index is 13.1. The van der Waals surface area contributed by atoms with Crippen LogP contribution in [0.3, 0.4) is 0 Å². The maximum atomic E-state index is 13.1. The van der Waals surface area contributed by atoms with Crippen molar-refractivity contribution in [3.63, 3.8) is 0 Å². The first kappa shape index (κ1) is 24.8. The quantitative estimate of drug-likeness (QED) is 0.430. The molecule has 0 spiro atoms. The summed E-state index contributed by atoms with van der Waals surface area (Å²) in [6, 6.07) is -1.27. The van der Waals surface area contributed by atoms with Crippen LogP contribution in [0.25, 0.3) is 0 Å². The van der Waals surface area contributed by atoms with Crippen molar-refractivity contribution in [2.45, 2.75) is 43.6 Å². The van der Waals surface area contributed by atoms with E-state index >= 15 is 0 Å². The van der Waals surface area contributed by atoms with Crippen LogP contribution in [-0.2, 0) is 19.1 Å². The SMILES string of the molecule is C[C@@H](NC(=O)N1CCOCC1)[C@H]1C(=O)N2C(C(=O)O)=C(S[C@@H]3CN[C@H](C(=O)N(C)C)C3)[C@H](C)[C@H]12. The number of hydrogen-bond acceptors (Lipinski definition) is 7. The minimum absolute atomic E-state index is 0.00102. The molecule has 0 aliphatic carbocycles. The number of carbonyl (C=O) groups is 4. The van der Waals surface area contributed by atoms with Crippen molar-refractivity contribution in [3.8, 4) is 0 Å². The number of carbonyl (C=O) groups excluding carboxylic acids is 3. The van der Waals surface area contributed by atoms with Gasteiger partial charge in [0.05, 0.1) is 31.2 Å². The van der Waals surface area contributed by atoms with E-state index in [0.717, 1.165) is 0 Å². The Kier molecular flexibility index (Phi) is 7.11. The van der Waals surface area contributed by atoms with Crippen LogP contribution in [0.5, 0.6) is 0 Å². The van der Waals surface area contributed by atoms with E-state index in [2.05, 4.69) is 10.6 Å². The minimum Gasteiger partial charge on any atom is -0.477 e. The van der Waals surface area contributed by atoms with E-state index in [1.165, 1.54) is 16.7 Å². The number of β-lactam (4-membered cyclic amide) rings is 1. The molecule has 11 nitrogen and oxygen atoms in total. The zero-order valence-corrected chi connectivity index (χ0v) is 20.8. The lowest BCUT2D eigenvalue weighted by molar-refractivity contribution is -0.158. The average molecular weight is 496 g/mol. The number of carboxylic acid groups (broad SMARTS) is 1. The molecule has 0 bridgehead atoms. The number of urea groups is 1. The number of likely N-dealkylation sites (N-methyl/N-ethyl adjacent to an activating group) is 1. The van der Waals surface area contributed by atoms with Crippen LogP contribution in [0.1, 0.15) is 20.3 Å². The highest BCUT2D eigenvalue weighted by atomic mass is 32.2. The Labute approximate surface area is 203 Å². The Morgan fingerprint density at radius 2 is 1.94 bits per heavy atom. The van der Waals surface area contributed by atoms with Crippen molar-refractivity contribution in [2.75, 3.05) is 46.9 Å². The monoisotopic (exact) mass is 495 g/mol. The third-order valence-electron chi connectivity index (χ3n) is 7.10. The summed E-state index contributed by atoms with van der Waals surface area (Å²) >= 11 is 1.45. The molecule has 0 aromatic heterocycles. The van der Waals surface area contributed by atoms with Gasteiger partial charge in [-0.15, -0.1) is 11.8 Å². The van der Waals surface area contributed by atoms with Gasteiger partial charge in [-0.2, -0.15) is 0 Å². The molecule has 0 unspecified atom stereocenters. The summed E-state index contributed by atoms with van der Waals surface area (Å²) in [4.78, 5) is 55.4. The molecule has 3 fully saturated rings. The number of nitrogens with zero attached hydrogens (tertiary/aromatic N) is 3. The summed E-state index contributed by atoms with van der Waals surface area (Å²) in [6.45, 7) is 6.31. The van der Waals surface area contributed by atoms with E-state index in [9.17, 15) is 24.3 Å². The van der Waals surface area contributed by atoms with E-state index in [1.54, 1.807) is 30.8 Å². The molecule has 34 heavy (non-hydrogen) atoms. The number of amides is 4. The summed E-state index contributed by atoms with van der Waals surface area (Å²) in [5.74, 6) is -2.06. The smallest absolute Gasteiger partial charge is 0.353 e. The van der Waals surface area contributed by atoms with Gasteiger partial charge >= 0.3 is 12.0 Å². The van der Waals surface area contributed by atoms with Gasteiger partial charge in [0, 0.05) is 55.8 Å². The zero-order chi connectivity index (χ0) is 24.7. The molecule has 4 aliphatic heterocycles. The predicted molar refractivity (Wildman–Crippen MR) is 125 cm³/mol. The Morgan fingerprint density at radius 1 is 1.26 bits per heavy atom. The number of morpholine rings is 1. The van der Waals surface area contributed by atoms with Crippen molar-refractivity contribution in [3.05, 3.63) is 10.6 Å². The maximum Gasteiger partial charge on any atom is 0.353 e. The first-order valence-electron chi connectivity index (χ1n) is 11.7. The summed E-state index contributed by atoms with van der Waals surface area (Å²) < 4.78 is 5.28. The topological polar surface area (TPSA) is 132 Å². The summed E-state index contributed by atoms with van der Waals surface area (Å²) in [5.41, 5.74) is 0.0397. The van der Waals surface area contributed by atoms with E-state index in [1.807, 2.05) is 6.92 Å². The van der Waals surface area contributed by atoms with E-state index < -0.39 is 17.9 Å². The van der Waals surface area contributed by atoms with Gasteiger partial charge < -0.3 is 35.2 Å². The van der Waals surface area contributed by atoms with Crippen molar-refractivity contribution in [1.82, 2.24) is 25.3 Å². The summed E-state index contributed by atoms with van der Waals surface area (Å²) in [7, 11) is 3.43. The van der Waals surface area contributed by atoms with Crippen molar-refractivity contribution < 1.29 is 29.0 Å². The Morgan fingerprint density at radius 3 is 2.56 bits per heavy atom. The van der Waals surface area contributed by atoms with Crippen LogP contribution >= 0.6 is 11.8 Å². The van der Waals surface area contributed by atoms with E-state index in [-0.39, 0.29) is 46.8 Å². The number of hydrogen-bond donors (Lipinski definition) is 3. The van der Waals surface area contributed by atoms with Gasteiger partial charge in [0.2, 0.25) is 11.8 Å². The molecule has 188 valence electrons. The van der Waals surface area contributed by atoms with Crippen LogP contribution in [0.2, 0.25) is 0 Å². The number of ether oxygens (including phenoxy) is 1. The predicted octanol–water partition coefficient (Wildman–Crippen LogP) is -0.258. The van der Waals surface area contributed by atoms with Crippen LogP contribution in [0, 0.1) is 11.8 Å². The van der Waals surface area contributed by atoms with Crippen molar-refractivity contribution in [2.24, 2.45) is 11.8 Å². The lowest BCUT2D eigenvalue weighted by Crippen LogP contribution is -2.66. The third kappa shape index (κ3) is 4.38. The van der Waals surface area contributed by atoms with Crippen molar-refractivity contribution in [1.29, 1.82) is 0 Å². The summed E-state index contributed by atoms with van der Waals surface area (Å²) in [6.07, 6.45) is 0.596.